The van der Waals surface area contributed by atoms with Crippen LogP contribution in [0.15, 0.2) is 9.85 Å². The molecule has 0 saturated heterocycles. The van der Waals surface area contributed by atoms with Gasteiger partial charge < -0.3 is 5.32 Å². The van der Waals surface area contributed by atoms with Gasteiger partial charge in [0.15, 0.2) is 4.34 Å². The normalized spacial score (nSPS) is 12.4. The van der Waals surface area contributed by atoms with Crippen LogP contribution in [0, 0.1) is 0 Å². The summed E-state index contributed by atoms with van der Waals surface area (Å²) in [6.45, 7) is 4.04. The Kier molecular flexibility index (Phi) is 4.89. The fourth-order valence-corrected chi connectivity index (χ4v) is 2.07. The summed E-state index contributed by atoms with van der Waals surface area (Å²) < 4.78 is 0.837. The van der Waals surface area contributed by atoms with E-state index in [0.29, 0.717) is 5.75 Å². The quantitative estimate of drug-likeness (QED) is 0.781. The molecule has 14 heavy (non-hydrogen) atoms. The van der Waals surface area contributed by atoms with Gasteiger partial charge in [-0.25, -0.2) is 0 Å². The zero-order valence-corrected chi connectivity index (χ0v) is 9.82. The number of hydrogen-bond donors (Lipinski definition) is 1. The van der Waals surface area contributed by atoms with Crippen molar-refractivity contribution in [3.05, 3.63) is 5.51 Å². The van der Waals surface area contributed by atoms with Gasteiger partial charge in [0, 0.05) is 6.04 Å². The van der Waals surface area contributed by atoms with E-state index in [1.165, 1.54) is 23.1 Å². The lowest BCUT2D eigenvalue weighted by molar-refractivity contribution is -0.119. The molecule has 1 aromatic heterocycles. The molecule has 0 aliphatic heterocycles. The van der Waals surface area contributed by atoms with Gasteiger partial charge in [0.25, 0.3) is 0 Å². The van der Waals surface area contributed by atoms with Crippen LogP contribution in [0.1, 0.15) is 20.3 Å². The van der Waals surface area contributed by atoms with Crippen LogP contribution in [0.4, 0.5) is 0 Å². The zero-order chi connectivity index (χ0) is 10.4. The predicted octanol–water partition coefficient (Wildman–Crippen LogP) is 1.54. The minimum atomic E-state index is 0.0551. The highest BCUT2D eigenvalue weighted by molar-refractivity contribution is 8.01. The van der Waals surface area contributed by atoms with E-state index in [1.54, 1.807) is 5.51 Å². The summed E-state index contributed by atoms with van der Waals surface area (Å²) >= 11 is 2.87. The average Bonchev–Trinajstić information content (AvgIpc) is 2.67. The molecule has 1 heterocycles. The Bertz CT molecular complexity index is 276. The van der Waals surface area contributed by atoms with Crippen LogP contribution in [0.25, 0.3) is 0 Å². The first kappa shape index (κ1) is 11.5. The maximum absolute atomic E-state index is 11.3. The van der Waals surface area contributed by atoms with Crippen LogP contribution in [0.3, 0.4) is 0 Å². The van der Waals surface area contributed by atoms with Gasteiger partial charge in [-0.05, 0) is 13.3 Å². The fraction of sp³-hybridized carbons (Fsp3) is 0.625. The van der Waals surface area contributed by atoms with E-state index < -0.39 is 0 Å². The van der Waals surface area contributed by atoms with E-state index in [2.05, 4.69) is 15.5 Å². The van der Waals surface area contributed by atoms with Crippen molar-refractivity contribution in [3.8, 4) is 0 Å². The van der Waals surface area contributed by atoms with Gasteiger partial charge in [-0.3, -0.25) is 4.79 Å². The SMILES string of the molecule is CCC(C)NC(=O)CSc1nncs1. The maximum Gasteiger partial charge on any atom is 0.230 e. The molecule has 78 valence electrons. The van der Waals surface area contributed by atoms with Gasteiger partial charge in [0.2, 0.25) is 5.91 Å². The molecule has 0 radical (unpaired) electrons. The van der Waals surface area contributed by atoms with Crippen molar-refractivity contribution in [3.63, 3.8) is 0 Å². The van der Waals surface area contributed by atoms with Crippen molar-refractivity contribution in [1.82, 2.24) is 15.5 Å². The standard InChI is InChI=1S/C8H13N3OS2/c1-3-6(2)10-7(12)4-13-8-11-9-5-14-8/h5-6H,3-4H2,1-2H3,(H,10,12). The first-order chi connectivity index (χ1) is 6.72. The molecule has 1 aromatic rings. The fourth-order valence-electron chi connectivity index (χ4n) is 0.772. The Balaban J connectivity index is 2.22. The summed E-state index contributed by atoms with van der Waals surface area (Å²) in [5, 5.41) is 10.4. The Labute approximate surface area is 91.5 Å². The highest BCUT2D eigenvalue weighted by Gasteiger charge is 2.07. The number of amides is 1. The van der Waals surface area contributed by atoms with Crippen LogP contribution in [0.5, 0.6) is 0 Å². The Morgan fingerprint density at radius 2 is 2.57 bits per heavy atom. The molecule has 4 nitrogen and oxygen atoms in total. The summed E-state index contributed by atoms with van der Waals surface area (Å²) in [6, 6.07) is 0.248. The number of rotatable bonds is 5. The van der Waals surface area contributed by atoms with E-state index >= 15 is 0 Å². The highest BCUT2D eigenvalue weighted by atomic mass is 32.2. The van der Waals surface area contributed by atoms with Gasteiger partial charge in [-0.2, -0.15) is 0 Å². The first-order valence-electron chi connectivity index (χ1n) is 4.40. The molecule has 1 N–H and O–H groups in total. The second-order valence-electron chi connectivity index (χ2n) is 2.87. The van der Waals surface area contributed by atoms with Crippen molar-refractivity contribution in [2.45, 2.75) is 30.6 Å². The van der Waals surface area contributed by atoms with Crippen LogP contribution in [-0.4, -0.2) is 27.9 Å². The van der Waals surface area contributed by atoms with Gasteiger partial charge in [0.05, 0.1) is 5.75 Å². The minimum absolute atomic E-state index is 0.0551. The molecule has 1 unspecified atom stereocenters. The van der Waals surface area contributed by atoms with Crippen LogP contribution >= 0.6 is 23.1 Å². The van der Waals surface area contributed by atoms with E-state index in [0.717, 1.165) is 10.8 Å². The number of carbonyl (C=O) groups excluding carboxylic acids is 1. The summed E-state index contributed by atoms with van der Waals surface area (Å²) in [4.78, 5) is 11.3. The van der Waals surface area contributed by atoms with E-state index in [9.17, 15) is 4.79 Å². The lowest BCUT2D eigenvalue weighted by Gasteiger charge is -2.09. The minimum Gasteiger partial charge on any atom is -0.353 e. The smallest absolute Gasteiger partial charge is 0.230 e. The topological polar surface area (TPSA) is 54.9 Å². The summed E-state index contributed by atoms with van der Waals surface area (Å²) in [5.41, 5.74) is 1.66. The number of carbonyl (C=O) groups is 1. The monoisotopic (exact) mass is 231 g/mol. The Hall–Kier alpha value is -0.620. The summed E-state index contributed by atoms with van der Waals surface area (Å²) in [6.07, 6.45) is 0.954. The predicted molar refractivity (Wildman–Crippen MR) is 58.5 cm³/mol. The maximum atomic E-state index is 11.3. The van der Waals surface area contributed by atoms with Crippen molar-refractivity contribution in [2.75, 3.05) is 5.75 Å². The van der Waals surface area contributed by atoms with Gasteiger partial charge in [0.1, 0.15) is 5.51 Å². The molecule has 0 bridgehead atoms. The second-order valence-corrected chi connectivity index (χ2v) is 4.93. The lowest BCUT2D eigenvalue weighted by Crippen LogP contribution is -2.33. The molecule has 0 fully saturated rings. The van der Waals surface area contributed by atoms with E-state index in [4.69, 9.17) is 0 Å². The highest BCUT2D eigenvalue weighted by Crippen LogP contribution is 2.18. The molecule has 1 amide bonds. The summed E-state index contributed by atoms with van der Waals surface area (Å²) in [5.74, 6) is 0.471. The number of aromatic nitrogens is 2. The number of hydrogen-bond acceptors (Lipinski definition) is 5. The third-order valence-electron chi connectivity index (χ3n) is 1.69. The third-order valence-corrected chi connectivity index (χ3v) is 3.55. The molecule has 1 atom stereocenters. The zero-order valence-electron chi connectivity index (χ0n) is 8.19. The van der Waals surface area contributed by atoms with E-state index in [-0.39, 0.29) is 11.9 Å². The molecule has 0 aliphatic carbocycles. The summed E-state index contributed by atoms with van der Waals surface area (Å²) in [7, 11) is 0. The molecule has 0 saturated carbocycles. The molecular formula is C8H13N3OS2. The molecular weight excluding hydrogens is 218 g/mol. The van der Waals surface area contributed by atoms with Crippen LogP contribution < -0.4 is 5.32 Å². The second kappa shape index (κ2) is 5.98. The number of nitrogens with one attached hydrogen (secondary N) is 1. The van der Waals surface area contributed by atoms with E-state index in [1.807, 2.05) is 13.8 Å². The first-order valence-corrected chi connectivity index (χ1v) is 6.27. The largest absolute Gasteiger partial charge is 0.353 e. The van der Waals surface area contributed by atoms with Gasteiger partial charge >= 0.3 is 0 Å². The Morgan fingerprint density at radius 1 is 1.79 bits per heavy atom. The third kappa shape index (κ3) is 4.06. The van der Waals surface area contributed by atoms with Gasteiger partial charge in [-0.1, -0.05) is 30.0 Å². The molecule has 6 heteroatoms. The van der Waals surface area contributed by atoms with Crippen molar-refractivity contribution < 1.29 is 4.79 Å². The molecule has 0 aliphatic rings. The molecule has 0 spiro atoms. The van der Waals surface area contributed by atoms with Crippen LogP contribution in [0.2, 0.25) is 0 Å². The molecule has 1 rings (SSSR count). The van der Waals surface area contributed by atoms with Crippen molar-refractivity contribution in [2.24, 2.45) is 0 Å². The van der Waals surface area contributed by atoms with Gasteiger partial charge in [-0.15, -0.1) is 10.2 Å². The van der Waals surface area contributed by atoms with Crippen molar-refractivity contribution in [1.29, 1.82) is 0 Å². The average molecular weight is 231 g/mol. The van der Waals surface area contributed by atoms with Crippen LogP contribution in [-0.2, 0) is 4.79 Å². The number of thioether (sulfide) groups is 1. The van der Waals surface area contributed by atoms with Crippen molar-refractivity contribution >= 4 is 29.0 Å². The molecule has 0 aromatic carbocycles. The number of nitrogens with zero attached hydrogens (tertiary/aromatic N) is 2. The lowest BCUT2D eigenvalue weighted by atomic mass is 10.3. The Morgan fingerprint density at radius 3 is 3.14 bits per heavy atom.